The van der Waals surface area contributed by atoms with Gasteiger partial charge in [0.25, 0.3) is 11.5 Å². The number of aromatic nitrogens is 3. The lowest BCUT2D eigenvalue weighted by Crippen LogP contribution is -2.24. The highest BCUT2D eigenvalue weighted by atomic mass is 32.2. The Morgan fingerprint density at radius 2 is 1.88 bits per heavy atom. The first-order valence-electron chi connectivity index (χ1n) is 9.66. The van der Waals surface area contributed by atoms with Gasteiger partial charge in [0.05, 0.1) is 35.7 Å². The summed E-state index contributed by atoms with van der Waals surface area (Å²) in [6.45, 7) is 0. The number of para-hydroxylation sites is 1. The van der Waals surface area contributed by atoms with Gasteiger partial charge in [-0.1, -0.05) is 23.9 Å². The number of rotatable bonds is 7. The van der Waals surface area contributed by atoms with Crippen molar-refractivity contribution in [3.05, 3.63) is 89.0 Å². The number of ether oxygens (including phenoxy) is 1. The van der Waals surface area contributed by atoms with Crippen molar-refractivity contribution in [3.63, 3.8) is 0 Å². The fourth-order valence-corrected chi connectivity index (χ4v) is 3.76. The van der Waals surface area contributed by atoms with E-state index < -0.39 is 0 Å². The van der Waals surface area contributed by atoms with Gasteiger partial charge in [0.1, 0.15) is 5.75 Å². The van der Waals surface area contributed by atoms with Gasteiger partial charge in [0, 0.05) is 12.4 Å². The van der Waals surface area contributed by atoms with Crippen LogP contribution in [0.3, 0.4) is 0 Å². The molecular weight excluding hydrogens is 426 g/mol. The van der Waals surface area contributed by atoms with Crippen LogP contribution in [-0.4, -0.2) is 39.5 Å². The number of nitrogens with one attached hydrogen (secondary N) is 1. The fourth-order valence-electron chi connectivity index (χ4n) is 2.96. The van der Waals surface area contributed by atoms with Gasteiger partial charge in [-0.15, -0.1) is 0 Å². The summed E-state index contributed by atoms with van der Waals surface area (Å²) in [6.07, 6.45) is 4.82. The van der Waals surface area contributed by atoms with Crippen molar-refractivity contribution in [2.75, 3.05) is 12.9 Å². The molecule has 0 saturated heterocycles. The number of pyridine rings is 1. The van der Waals surface area contributed by atoms with Crippen molar-refractivity contribution < 1.29 is 9.53 Å². The van der Waals surface area contributed by atoms with Gasteiger partial charge in [-0.2, -0.15) is 5.10 Å². The molecule has 0 fully saturated rings. The lowest BCUT2D eigenvalue weighted by Gasteiger charge is -2.13. The number of benzene rings is 2. The number of nitrogens with zero attached hydrogens (tertiary/aromatic N) is 4. The molecule has 1 N–H and O–H groups in total. The minimum absolute atomic E-state index is 0.0363. The monoisotopic (exact) mass is 445 g/mol. The van der Waals surface area contributed by atoms with Gasteiger partial charge in [0.2, 0.25) is 0 Å². The van der Waals surface area contributed by atoms with Crippen molar-refractivity contribution >= 4 is 34.8 Å². The molecule has 0 bridgehead atoms. The second kappa shape index (κ2) is 9.88. The number of fused-ring (bicyclic) bond motifs is 1. The van der Waals surface area contributed by atoms with Crippen LogP contribution in [0.5, 0.6) is 5.75 Å². The summed E-state index contributed by atoms with van der Waals surface area (Å²) in [4.78, 5) is 34.1. The van der Waals surface area contributed by atoms with Crippen molar-refractivity contribution in [1.29, 1.82) is 0 Å². The van der Waals surface area contributed by atoms with Crippen LogP contribution < -0.4 is 15.7 Å². The lowest BCUT2D eigenvalue weighted by molar-refractivity contribution is -0.118. The molecule has 9 heteroatoms. The fraction of sp³-hybridized carbons (Fsp3) is 0.0870. The van der Waals surface area contributed by atoms with E-state index in [1.807, 2.05) is 6.07 Å². The van der Waals surface area contributed by atoms with Gasteiger partial charge >= 0.3 is 0 Å². The van der Waals surface area contributed by atoms with E-state index in [1.54, 1.807) is 74.1 Å². The average molecular weight is 446 g/mol. The predicted molar refractivity (Wildman–Crippen MR) is 125 cm³/mol. The highest BCUT2D eigenvalue weighted by molar-refractivity contribution is 7.99. The van der Waals surface area contributed by atoms with Crippen LogP contribution in [-0.2, 0) is 4.79 Å². The third kappa shape index (κ3) is 4.84. The number of carbonyl (C=O) groups excluding carboxylic acids is 1. The van der Waals surface area contributed by atoms with Crippen LogP contribution in [0.4, 0.5) is 0 Å². The summed E-state index contributed by atoms with van der Waals surface area (Å²) in [5, 5.41) is 4.86. The molecule has 4 aromatic rings. The average Bonchev–Trinajstić information content (AvgIpc) is 2.84. The summed E-state index contributed by atoms with van der Waals surface area (Å²) < 4.78 is 6.71. The van der Waals surface area contributed by atoms with Crippen LogP contribution in [0.25, 0.3) is 16.6 Å². The number of hydrogen-bond donors (Lipinski definition) is 1. The van der Waals surface area contributed by atoms with E-state index in [0.717, 1.165) is 17.3 Å². The molecule has 0 aliphatic heterocycles. The highest BCUT2D eigenvalue weighted by Gasteiger charge is 2.14. The highest BCUT2D eigenvalue weighted by Crippen LogP contribution is 2.22. The van der Waals surface area contributed by atoms with Crippen molar-refractivity contribution in [2.45, 2.75) is 5.16 Å². The molecule has 0 saturated carbocycles. The first kappa shape index (κ1) is 21.3. The molecule has 0 radical (unpaired) electrons. The number of thioether (sulfide) groups is 1. The second-order valence-electron chi connectivity index (χ2n) is 6.61. The zero-order valence-electron chi connectivity index (χ0n) is 17.1. The van der Waals surface area contributed by atoms with E-state index in [2.05, 4.69) is 20.5 Å². The molecule has 0 spiro atoms. The first-order chi connectivity index (χ1) is 15.7. The van der Waals surface area contributed by atoms with Crippen molar-refractivity contribution in [2.24, 2.45) is 5.10 Å². The Morgan fingerprint density at radius 1 is 1.12 bits per heavy atom. The van der Waals surface area contributed by atoms with E-state index in [4.69, 9.17) is 4.74 Å². The number of hydrazone groups is 1. The molecule has 0 unspecified atom stereocenters. The maximum Gasteiger partial charge on any atom is 0.266 e. The van der Waals surface area contributed by atoms with Crippen LogP contribution in [0, 0.1) is 0 Å². The van der Waals surface area contributed by atoms with Crippen LogP contribution in [0.1, 0.15) is 5.56 Å². The zero-order valence-corrected chi connectivity index (χ0v) is 18.0. The zero-order chi connectivity index (χ0) is 22.3. The Hall–Kier alpha value is -3.98. The molecule has 2 heterocycles. The molecule has 0 atom stereocenters. The van der Waals surface area contributed by atoms with Crippen molar-refractivity contribution in [1.82, 2.24) is 20.0 Å². The first-order valence-corrected chi connectivity index (χ1v) is 10.7. The Labute approximate surface area is 188 Å². The molecule has 2 aromatic carbocycles. The van der Waals surface area contributed by atoms with E-state index >= 15 is 0 Å². The van der Waals surface area contributed by atoms with Crippen LogP contribution >= 0.6 is 11.8 Å². The Bertz CT molecular complexity index is 1320. The lowest BCUT2D eigenvalue weighted by atomic mass is 10.2. The quantitative estimate of drug-likeness (QED) is 0.203. The largest absolute Gasteiger partial charge is 0.497 e. The van der Waals surface area contributed by atoms with Gasteiger partial charge in [0.15, 0.2) is 5.16 Å². The van der Waals surface area contributed by atoms with E-state index in [1.165, 1.54) is 10.8 Å². The van der Waals surface area contributed by atoms with Crippen molar-refractivity contribution in [3.8, 4) is 11.4 Å². The molecule has 8 nitrogen and oxygen atoms in total. The molecule has 1 amide bonds. The topological polar surface area (TPSA) is 98.5 Å². The Morgan fingerprint density at radius 3 is 2.62 bits per heavy atom. The molecule has 0 aliphatic rings. The van der Waals surface area contributed by atoms with E-state index in [-0.39, 0.29) is 17.2 Å². The minimum atomic E-state index is -0.316. The third-order valence-corrected chi connectivity index (χ3v) is 5.46. The summed E-state index contributed by atoms with van der Waals surface area (Å²) in [5.41, 5.74) is 4.30. The van der Waals surface area contributed by atoms with Crippen LogP contribution in [0.2, 0.25) is 0 Å². The van der Waals surface area contributed by atoms with Gasteiger partial charge in [-0.25, -0.2) is 10.4 Å². The van der Waals surface area contributed by atoms with E-state index in [0.29, 0.717) is 27.5 Å². The smallest absolute Gasteiger partial charge is 0.266 e. The summed E-state index contributed by atoms with van der Waals surface area (Å²) in [6, 6.07) is 17.8. The predicted octanol–water partition coefficient (Wildman–Crippen LogP) is 3.03. The number of carbonyl (C=O) groups is 1. The maximum absolute atomic E-state index is 13.2. The maximum atomic E-state index is 13.2. The van der Waals surface area contributed by atoms with Gasteiger partial charge in [-0.05, 0) is 54.1 Å². The summed E-state index contributed by atoms with van der Waals surface area (Å²) >= 11 is 1.16. The number of methoxy groups -OCH3 is 1. The normalized spacial score (nSPS) is 11.0. The molecule has 4 rings (SSSR count). The second-order valence-corrected chi connectivity index (χ2v) is 7.56. The standard InChI is InChI=1S/C23H19N5O3S/c1-31-18-8-6-17(7-9-18)28-22(30)19-4-2-3-5-20(19)26-23(28)32-15-21(29)27-25-14-16-10-12-24-13-11-16/h2-14H,15H2,1H3,(H,27,29). The molecular formula is C23H19N5O3S. The molecule has 0 aliphatic carbocycles. The van der Waals surface area contributed by atoms with E-state index in [9.17, 15) is 9.59 Å². The van der Waals surface area contributed by atoms with Crippen LogP contribution in [0.15, 0.2) is 88.1 Å². The minimum Gasteiger partial charge on any atom is -0.497 e. The van der Waals surface area contributed by atoms with Gasteiger partial charge < -0.3 is 4.74 Å². The Balaban J connectivity index is 1.58. The molecule has 160 valence electrons. The SMILES string of the molecule is COc1ccc(-n2c(SCC(=O)NN=Cc3ccncc3)nc3ccccc3c2=O)cc1. The number of amides is 1. The number of hydrogen-bond acceptors (Lipinski definition) is 7. The molecule has 32 heavy (non-hydrogen) atoms. The summed E-state index contributed by atoms with van der Waals surface area (Å²) in [7, 11) is 1.58. The Kier molecular flexibility index (Phi) is 6.57. The van der Waals surface area contributed by atoms with Gasteiger partial charge in [-0.3, -0.25) is 19.1 Å². The summed E-state index contributed by atoms with van der Waals surface area (Å²) in [5.74, 6) is 0.398. The molecule has 2 aromatic heterocycles. The third-order valence-electron chi connectivity index (χ3n) is 4.52.